The first-order valence-corrected chi connectivity index (χ1v) is 14.2. The van der Waals surface area contributed by atoms with Crippen LogP contribution in [0, 0.1) is 17.8 Å². The minimum absolute atomic E-state index is 0.0898. The van der Waals surface area contributed by atoms with Gasteiger partial charge in [0, 0.05) is 30.9 Å². The first kappa shape index (κ1) is 32.4. The lowest BCUT2D eigenvalue weighted by atomic mass is 9.84. The summed E-state index contributed by atoms with van der Waals surface area (Å²) in [4.78, 5) is 15.9. The smallest absolute Gasteiger partial charge is 0.308 e. The van der Waals surface area contributed by atoms with Gasteiger partial charge in [-0.2, -0.15) is 10.2 Å². The molecule has 226 valence electrons. The van der Waals surface area contributed by atoms with Crippen molar-refractivity contribution in [2.24, 2.45) is 28.0 Å². The van der Waals surface area contributed by atoms with Gasteiger partial charge in [0.1, 0.15) is 18.3 Å². The van der Waals surface area contributed by atoms with Gasteiger partial charge in [0.15, 0.2) is 6.29 Å². The third-order valence-electron chi connectivity index (χ3n) is 8.36. The molecule has 1 aromatic heterocycles. The monoisotopic (exact) mass is 565 g/mol. The number of methoxy groups -OCH3 is 1. The maximum absolute atomic E-state index is 12.8. The fourth-order valence-corrected chi connectivity index (χ4v) is 5.13. The molecule has 1 aromatic rings. The number of hydrogen-bond donors (Lipinski definition) is 4. The number of nitrogens with one attached hydrogen (secondary N) is 1. The summed E-state index contributed by atoms with van der Waals surface area (Å²) in [6, 6.07) is 3.75. The van der Waals surface area contributed by atoms with Crippen LogP contribution in [0.2, 0.25) is 0 Å². The first-order valence-electron chi connectivity index (χ1n) is 14.2. The standard InChI is InChI=1S/C29H47N3O8/c1-16-10-12-24(40-28-25(33)17(2)20(5)39-28)23(37-7)13-11-21(32-31-19(4)22-9-8-14-30-22)18(3)26(34)29(6,36)15-38-27(16)35/h8-9,14,16-18,20,23-26,28,30,33-34,36H,10-13,15H2,1-7H3/b31-19+,32-21+/t16?,17?,18?,20?,23?,24-,25?,26?,28?,29?/m1/s1. The molecule has 0 amide bonds. The van der Waals surface area contributed by atoms with Crippen LogP contribution in [0.15, 0.2) is 28.5 Å². The number of esters is 1. The van der Waals surface area contributed by atoms with E-state index < -0.39 is 54.1 Å². The summed E-state index contributed by atoms with van der Waals surface area (Å²) in [5.41, 5.74) is 0.324. The van der Waals surface area contributed by atoms with Crippen LogP contribution in [0.25, 0.3) is 0 Å². The summed E-state index contributed by atoms with van der Waals surface area (Å²) in [6.07, 6.45) is -0.439. The van der Waals surface area contributed by atoms with Crippen molar-refractivity contribution in [1.82, 2.24) is 4.98 Å². The molecule has 0 aromatic carbocycles. The fourth-order valence-electron chi connectivity index (χ4n) is 5.13. The Morgan fingerprint density at radius 3 is 2.48 bits per heavy atom. The topological polar surface area (TPSA) is 155 Å². The number of H-pyrrole nitrogens is 1. The molecule has 0 spiro atoms. The second kappa shape index (κ2) is 14.2. The predicted molar refractivity (Wildman–Crippen MR) is 150 cm³/mol. The van der Waals surface area contributed by atoms with Gasteiger partial charge in [-0.05, 0) is 58.6 Å². The van der Waals surface area contributed by atoms with E-state index in [1.807, 2.05) is 32.9 Å². The molecule has 11 nitrogen and oxygen atoms in total. The van der Waals surface area contributed by atoms with E-state index in [4.69, 9.17) is 18.9 Å². The molecule has 4 N–H and O–H groups in total. The van der Waals surface area contributed by atoms with E-state index >= 15 is 0 Å². The second-order valence-corrected chi connectivity index (χ2v) is 11.6. The number of ether oxygens (including phenoxy) is 4. The Morgan fingerprint density at radius 1 is 1.15 bits per heavy atom. The lowest BCUT2D eigenvalue weighted by Crippen LogP contribution is -2.50. The Labute approximate surface area is 237 Å². The maximum Gasteiger partial charge on any atom is 0.308 e. The van der Waals surface area contributed by atoms with E-state index in [0.29, 0.717) is 37.1 Å². The summed E-state index contributed by atoms with van der Waals surface area (Å²) in [5.74, 6) is -1.67. The molecule has 2 aliphatic rings. The Morgan fingerprint density at radius 2 is 1.88 bits per heavy atom. The van der Waals surface area contributed by atoms with E-state index in [1.165, 1.54) is 6.92 Å². The number of aromatic amines is 1. The zero-order valence-corrected chi connectivity index (χ0v) is 24.7. The highest BCUT2D eigenvalue weighted by Gasteiger charge is 2.42. The molecular weight excluding hydrogens is 518 g/mol. The van der Waals surface area contributed by atoms with Crippen LogP contribution in [0.3, 0.4) is 0 Å². The third kappa shape index (κ3) is 7.98. The van der Waals surface area contributed by atoms with Crippen molar-refractivity contribution in [1.29, 1.82) is 0 Å². The van der Waals surface area contributed by atoms with Crippen molar-refractivity contribution < 1.29 is 39.1 Å². The molecule has 10 atom stereocenters. The summed E-state index contributed by atoms with van der Waals surface area (Å²) < 4.78 is 23.5. The van der Waals surface area contributed by atoms with Crippen LogP contribution in [-0.2, 0) is 23.7 Å². The van der Waals surface area contributed by atoms with Crippen molar-refractivity contribution >= 4 is 17.4 Å². The predicted octanol–water partition coefficient (Wildman–Crippen LogP) is 2.82. The number of hydrogen-bond acceptors (Lipinski definition) is 10. The number of carbonyl (C=O) groups excluding carboxylic acids is 1. The summed E-state index contributed by atoms with van der Waals surface area (Å²) in [7, 11) is 1.59. The molecule has 11 heteroatoms. The first-order chi connectivity index (χ1) is 18.9. The number of aromatic nitrogens is 1. The number of rotatable bonds is 5. The molecule has 0 radical (unpaired) electrons. The van der Waals surface area contributed by atoms with Crippen LogP contribution in [0.5, 0.6) is 0 Å². The van der Waals surface area contributed by atoms with Crippen molar-refractivity contribution in [3.8, 4) is 0 Å². The Bertz CT molecular complexity index is 1010. The number of nitrogens with zero attached hydrogens (tertiary/aromatic N) is 2. The molecule has 0 saturated carbocycles. The highest BCUT2D eigenvalue weighted by molar-refractivity contribution is 5.97. The Kier molecular flexibility index (Phi) is 11.5. The highest BCUT2D eigenvalue weighted by Crippen LogP contribution is 2.31. The van der Waals surface area contributed by atoms with Crippen molar-refractivity contribution in [3.05, 3.63) is 24.0 Å². The lowest BCUT2D eigenvalue weighted by Gasteiger charge is -2.35. The van der Waals surface area contributed by atoms with E-state index in [2.05, 4.69) is 15.2 Å². The molecule has 3 rings (SSSR count). The molecule has 3 heterocycles. The number of aliphatic hydroxyl groups is 3. The van der Waals surface area contributed by atoms with Crippen molar-refractivity contribution in [3.63, 3.8) is 0 Å². The fraction of sp³-hybridized carbons (Fsp3) is 0.759. The van der Waals surface area contributed by atoms with Crippen LogP contribution in [-0.4, -0.2) is 93.8 Å². The average Bonchev–Trinajstić information content (AvgIpc) is 3.55. The van der Waals surface area contributed by atoms with Gasteiger partial charge < -0.3 is 39.3 Å². The normalized spacial score (nSPS) is 40.1. The minimum atomic E-state index is -1.70. The van der Waals surface area contributed by atoms with E-state index in [1.54, 1.807) is 27.2 Å². The van der Waals surface area contributed by atoms with Gasteiger partial charge in [-0.1, -0.05) is 20.8 Å². The van der Waals surface area contributed by atoms with Gasteiger partial charge in [0.05, 0.1) is 41.7 Å². The summed E-state index contributed by atoms with van der Waals surface area (Å²) in [6.45, 7) is 10.2. The maximum atomic E-state index is 12.8. The molecule has 2 fully saturated rings. The summed E-state index contributed by atoms with van der Waals surface area (Å²) >= 11 is 0. The minimum Gasteiger partial charge on any atom is -0.462 e. The number of aliphatic hydroxyl groups excluding tert-OH is 2. The van der Waals surface area contributed by atoms with Crippen LogP contribution in [0.1, 0.15) is 72.9 Å². The van der Waals surface area contributed by atoms with Gasteiger partial charge >= 0.3 is 5.97 Å². The van der Waals surface area contributed by atoms with Crippen LogP contribution in [0.4, 0.5) is 0 Å². The Balaban J connectivity index is 1.92. The molecule has 2 aliphatic heterocycles. The number of carbonyl (C=O) groups is 1. The third-order valence-corrected chi connectivity index (χ3v) is 8.36. The molecule has 0 bridgehead atoms. The van der Waals surface area contributed by atoms with Gasteiger partial charge in [0.2, 0.25) is 0 Å². The quantitative estimate of drug-likeness (QED) is 0.241. The molecule has 0 aliphatic carbocycles. The molecule has 40 heavy (non-hydrogen) atoms. The highest BCUT2D eigenvalue weighted by atomic mass is 16.7. The second-order valence-electron chi connectivity index (χ2n) is 11.6. The largest absolute Gasteiger partial charge is 0.462 e. The van der Waals surface area contributed by atoms with Gasteiger partial charge in [0.25, 0.3) is 0 Å². The summed E-state index contributed by atoms with van der Waals surface area (Å²) in [5, 5.41) is 41.8. The van der Waals surface area contributed by atoms with Gasteiger partial charge in [-0.3, -0.25) is 4.79 Å². The molecule has 9 unspecified atom stereocenters. The van der Waals surface area contributed by atoms with Gasteiger partial charge in [-0.15, -0.1) is 0 Å². The van der Waals surface area contributed by atoms with Gasteiger partial charge in [-0.25, -0.2) is 0 Å². The Hall–Kier alpha value is -2.15. The zero-order valence-electron chi connectivity index (χ0n) is 24.7. The van der Waals surface area contributed by atoms with Crippen molar-refractivity contribution in [2.45, 2.75) is 110 Å². The SMILES string of the molecule is COC1CC/C(=N\N=C(/C)c2ccc[nH]2)C(C)C(O)C(C)(O)COC(=O)C(C)CC[C@H]1OC1OC(C)C(C)C1O. The lowest BCUT2D eigenvalue weighted by molar-refractivity contribution is -0.212. The van der Waals surface area contributed by atoms with Crippen LogP contribution >= 0.6 is 0 Å². The van der Waals surface area contributed by atoms with E-state index in [-0.39, 0.29) is 18.6 Å². The zero-order chi connectivity index (χ0) is 29.6. The molecule has 2 saturated heterocycles. The van der Waals surface area contributed by atoms with E-state index in [9.17, 15) is 20.1 Å². The van der Waals surface area contributed by atoms with Crippen molar-refractivity contribution in [2.75, 3.05) is 13.7 Å². The average molecular weight is 566 g/mol. The molecular formula is C29H47N3O8. The van der Waals surface area contributed by atoms with E-state index in [0.717, 1.165) is 5.69 Å². The number of cyclic esters (lactones) is 1. The van der Waals surface area contributed by atoms with Crippen LogP contribution < -0.4 is 0 Å².